The van der Waals surface area contributed by atoms with Crippen molar-refractivity contribution < 1.29 is 4.74 Å². The molecule has 2 aliphatic rings. The van der Waals surface area contributed by atoms with Crippen molar-refractivity contribution in [1.82, 2.24) is 20.2 Å². The summed E-state index contributed by atoms with van der Waals surface area (Å²) in [6.07, 6.45) is 7.35. The molecule has 0 radical (unpaired) electrons. The van der Waals surface area contributed by atoms with E-state index in [0.717, 1.165) is 38.3 Å². The Balaban J connectivity index is 1.28. The number of ether oxygens (including phenoxy) is 1. The Morgan fingerprint density at radius 2 is 2.00 bits per heavy atom. The van der Waals surface area contributed by atoms with Crippen LogP contribution < -0.4 is 10.1 Å². The first-order chi connectivity index (χ1) is 11.8. The zero-order valence-electron chi connectivity index (χ0n) is 13.9. The lowest BCUT2D eigenvalue weighted by atomic mass is 10.2. The Kier molecular flexibility index (Phi) is 4.71. The summed E-state index contributed by atoms with van der Waals surface area (Å²) in [5.41, 5.74) is 2.31. The highest BCUT2D eigenvalue weighted by Crippen LogP contribution is 2.20. The number of hydrogen-bond acceptors (Lipinski definition) is 5. The van der Waals surface area contributed by atoms with Gasteiger partial charge in [-0.1, -0.05) is 30.3 Å². The van der Waals surface area contributed by atoms with Crippen molar-refractivity contribution in [3.63, 3.8) is 0 Å². The lowest BCUT2D eigenvalue weighted by Crippen LogP contribution is -2.25. The number of benzene rings is 1. The molecule has 1 saturated heterocycles. The van der Waals surface area contributed by atoms with Gasteiger partial charge in [-0.05, 0) is 24.8 Å². The first kappa shape index (κ1) is 15.5. The van der Waals surface area contributed by atoms with Crippen molar-refractivity contribution in [2.24, 2.45) is 0 Å². The van der Waals surface area contributed by atoms with Gasteiger partial charge < -0.3 is 10.1 Å². The molecule has 1 aromatic carbocycles. The zero-order chi connectivity index (χ0) is 16.2. The van der Waals surface area contributed by atoms with Crippen LogP contribution >= 0.6 is 0 Å². The van der Waals surface area contributed by atoms with Crippen molar-refractivity contribution in [3.05, 3.63) is 54.0 Å². The molecule has 1 atom stereocenters. The standard InChI is InChI=1S/C19H24N4O/c1-2-4-15(5-3-1)13-23-9-8-18(14-23)24-19-12-20-10-17(22-19)11-21-16-6-7-16/h1-5,10,12,16,18,21H,6-9,11,13-14H2. The van der Waals surface area contributed by atoms with Gasteiger partial charge in [-0.2, -0.15) is 0 Å². The fourth-order valence-corrected chi connectivity index (χ4v) is 3.11. The normalized spacial score (nSPS) is 21.1. The topological polar surface area (TPSA) is 50.3 Å². The molecule has 5 nitrogen and oxygen atoms in total. The maximum Gasteiger partial charge on any atom is 0.232 e. The van der Waals surface area contributed by atoms with E-state index in [4.69, 9.17) is 4.74 Å². The van der Waals surface area contributed by atoms with Crippen molar-refractivity contribution in [2.45, 2.75) is 44.5 Å². The molecule has 5 heteroatoms. The Morgan fingerprint density at radius 1 is 1.12 bits per heavy atom. The zero-order valence-corrected chi connectivity index (χ0v) is 13.9. The lowest BCUT2D eigenvalue weighted by Gasteiger charge is -2.16. The van der Waals surface area contributed by atoms with E-state index in [-0.39, 0.29) is 6.10 Å². The molecule has 1 unspecified atom stereocenters. The fourth-order valence-electron chi connectivity index (χ4n) is 3.11. The highest BCUT2D eigenvalue weighted by atomic mass is 16.5. The van der Waals surface area contributed by atoms with Crippen LogP contribution in [0.3, 0.4) is 0 Å². The minimum atomic E-state index is 0.203. The molecule has 0 amide bonds. The quantitative estimate of drug-likeness (QED) is 0.847. The second-order valence-corrected chi connectivity index (χ2v) is 6.75. The molecule has 1 aromatic heterocycles. The van der Waals surface area contributed by atoms with Crippen LogP contribution in [0.25, 0.3) is 0 Å². The molecule has 0 bridgehead atoms. The third-order valence-electron chi connectivity index (χ3n) is 4.58. The fraction of sp³-hybridized carbons (Fsp3) is 0.474. The molecule has 2 fully saturated rings. The minimum absolute atomic E-state index is 0.203. The first-order valence-corrected chi connectivity index (χ1v) is 8.82. The molecule has 1 aliphatic carbocycles. The number of rotatable bonds is 7. The van der Waals surface area contributed by atoms with E-state index >= 15 is 0 Å². The van der Waals surface area contributed by atoms with Gasteiger partial charge in [0.1, 0.15) is 6.10 Å². The SMILES string of the molecule is c1ccc(CN2CCC(Oc3cncc(CNC4CC4)n3)C2)cc1. The second kappa shape index (κ2) is 7.28. The van der Waals surface area contributed by atoms with E-state index in [2.05, 4.69) is 50.5 Å². The van der Waals surface area contributed by atoms with Gasteiger partial charge in [0.2, 0.25) is 5.88 Å². The average molecular weight is 324 g/mol. The monoisotopic (exact) mass is 324 g/mol. The smallest absolute Gasteiger partial charge is 0.232 e. The molecular formula is C19H24N4O. The molecule has 1 saturated carbocycles. The summed E-state index contributed by atoms with van der Waals surface area (Å²) in [5, 5.41) is 3.46. The van der Waals surface area contributed by atoms with Gasteiger partial charge in [-0.25, -0.2) is 4.98 Å². The Bertz CT molecular complexity index is 659. The van der Waals surface area contributed by atoms with Crippen LogP contribution in [0, 0.1) is 0 Å². The Morgan fingerprint density at radius 3 is 2.83 bits per heavy atom. The van der Waals surface area contributed by atoms with Gasteiger partial charge in [0, 0.05) is 38.4 Å². The molecule has 1 aliphatic heterocycles. The third kappa shape index (κ3) is 4.30. The van der Waals surface area contributed by atoms with E-state index in [1.54, 1.807) is 6.20 Å². The molecule has 24 heavy (non-hydrogen) atoms. The van der Waals surface area contributed by atoms with Gasteiger partial charge in [-0.3, -0.25) is 9.88 Å². The number of likely N-dealkylation sites (tertiary alicyclic amines) is 1. The summed E-state index contributed by atoms with van der Waals surface area (Å²) in [7, 11) is 0. The van der Waals surface area contributed by atoms with Gasteiger partial charge in [0.15, 0.2) is 0 Å². The maximum absolute atomic E-state index is 6.06. The van der Waals surface area contributed by atoms with E-state index in [9.17, 15) is 0 Å². The van der Waals surface area contributed by atoms with Crippen molar-refractivity contribution >= 4 is 0 Å². The summed E-state index contributed by atoms with van der Waals surface area (Å²) in [6, 6.07) is 11.3. The number of nitrogens with one attached hydrogen (secondary N) is 1. The van der Waals surface area contributed by atoms with Crippen LogP contribution in [-0.2, 0) is 13.1 Å². The van der Waals surface area contributed by atoms with Gasteiger partial charge in [-0.15, -0.1) is 0 Å². The number of nitrogens with zero attached hydrogens (tertiary/aromatic N) is 3. The van der Waals surface area contributed by atoms with Gasteiger partial charge in [0.05, 0.1) is 11.9 Å². The van der Waals surface area contributed by atoms with Crippen molar-refractivity contribution in [2.75, 3.05) is 13.1 Å². The minimum Gasteiger partial charge on any atom is -0.472 e. The van der Waals surface area contributed by atoms with Crippen molar-refractivity contribution in [3.8, 4) is 5.88 Å². The molecule has 4 rings (SSSR count). The largest absolute Gasteiger partial charge is 0.472 e. The van der Waals surface area contributed by atoms with Gasteiger partial charge >= 0.3 is 0 Å². The third-order valence-corrected chi connectivity index (χ3v) is 4.58. The summed E-state index contributed by atoms with van der Waals surface area (Å²) in [5.74, 6) is 0.650. The van der Waals surface area contributed by atoms with Gasteiger partial charge in [0.25, 0.3) is 0 Å². The molecule has 0 spiro atoms. The Hall–Kier alpha value is -1.98. The Labute approximate surface area is 143 Å². The molecule has 126 valence electrons. The molecular weight excluding hydrogens is 300 g/mol. The summed E-state index contributed by atoms with van der Waals surface area (Å²) >= 11 is 0. The van der Waals surface area contributed by atoms with Crippen LogP contribution in [0.15, 0.2) is 42.7 Å². The number of hydrogen-bond donors (Lipinski definition) is 1. The van der Waals surface area contributed by atoms with Crippen molar-refractivity contribution in [1.29, 1.82) is 0 Å². The van der Waals surface area contributed by atoms with E-state index in [0.29, 0.717) is 11.9 Å². The highest BCUT2D eigenvalue weighted by Gasteiger charge is 2.24. The van der Waals surface area contributed by atoms with Crippen LogP contribution in [0.4, 0.5) is 0 Å². The van der Waals surface area contributed by atoms with Crippen LogP contribution in [0.2, 0.25) is 0 Å². The average Bonchev–Trinajstić information content (AvgIpc) is 3.35. The maximum atomic E-state index is 6.06. The summed E-state index contributed by atoms with van der Waals surface area (Å²) < 4.78 is 6.06. The first-order valence-electron chi connectivity index (χ1n) is 8.82. The predicted molar refractivity (Wildman–Crippen MR) is 92.6 cm³/mol. The molecule has 2 aromatic rings. The molecule has 2 heterocycles. The van der Waals surface area contributed by atoms with Crippen LogP contribution in [0.1, 0.15) is 30.5 Å². The lowest BCUT2D eigenvalue weighted by molar-refractivity contribution is 0.190. The van der Waals surface area contributed by atoms with E-state index in [1.807, 2.05) is 6.20 Å². The second-order valence-electron chi connectivity index (χ2n) is 6.75. The highest BCUT2D eigenvalue weighted by molar-refractivity contribution is 5.15. The predicted octanol–water partition coefficient (Wildman–Crippen LogP) is 2.38. The van der Waals surface area contributed by atoms with Crippen LogP contribution in [0.5, 0.6) is 5.88 Å². The van der Waals surface area contributed by atoms with E-state index in [1.165, 1.54) is 18.4 Å². The van der Waals surface area contributed by atoms with E-state index < -0.39 is 0 Å². The summed E-state index contributed by atoms with van der Waals surface area (Å²) in [6.45, 7) is 3.77. The summed E-state index contributed by atoms with van der Waals surface area (Å²) in [4.78, 5) is 11.3. The molecule has 1 N–H and O–H groups in total. The number of aromatic nitrogens is 2. The van der Waals surface area contributed by atoms with Crippen LogP contribution in [-0.4, -0.2) is 40.1 Å².